The summed E-state index contributed by atoms with van der Waals surface area (Å²) in [7, 11) is 0. The zero-order chi connectivity index (χ0) is 28.7. The Morgan fingerprint density at radius 1 is 0.833 bits per heavy atom. The molecule has 0 aliphatic carbocycles. The van der Waals surface area contributed by atoms with Gasteiger partial charge in [0.15, 0.2) is 5.82 Å². The first kappa shape index (κ1) is 27.2. The first-order valence-corrected chi connectivity index (χ1v) is 14.3. The minimum Gasteiger partial charge on any atom is -0.322 e. The van der Waals surface area contributed by atoms with Gasteiger partial charge in [0.2, 0.25) is 0 Å². The van der Waals surface area contributed by atoms with Gasteiger partial charge in [0, 0.05) is 43.1 Å². The molecule has 1 N–H and O–H groups in total. The number of aromatic nitrogens is 6. The van der Waals surface area contributed by atoms with Crippen LogP contribution in [0.25, 0.3) is 10.9 Å². The van der Waals surface area contributed by atoms with Gasteiger partial charge in [0.25, 0.3) is 5.56 Å². The van der Waals surface area contributed by atoms with Crippen molar-refractivity contribution in [3.63, 3.8) is 0 Å². The number of H-pyrrole nitrogens is 1. The molecule has 6 rings (SSSR count). The van der Waals surface area contributed by atoms with Crippen LogP contribution in [0.1, 0.15) is 46.6 Å². The third-order valence-electron chi connectivity index (χ3n) is 7.60. The molecule has 3 heterocycles. The second-order valence-corrected chi connectivity index (χ2v) is 10.5. The van der Waals surface area contributed by atoms with Gasteiger partial charge >= 0.3 is 0 Å². The van der Waals surface area contributed by atoms with E-state index in [0.29, 0.717) is 31.0 Å². The molecule has 0 aliphatic heterocycles. The Labute approximate surface area is 244 Å². The van der Waals surface area contributed by atoms with Crippen LogP contribution in [-0.4, -0.2) is 35.1 Å². The topological polar surface area (TPSA) is 92.6 Å². The highest BCUT2D eigenvalue weighted by Crippen LogP contribution is 2.30. The fourth-order valence-electron chi connectivity index (χ4n) is 5.42. The molecule has 0 saturated heterocycles. The summed E-state index contributed by atoms with van der Waals surface area (Å²) in [4.78, 5) is 23.6. The van der Waals surface area contributed by atoms with E-state index in [9.17, 15) is 4.79 Å². The van der Waals surface area contributed by atoms with Crippen molar-refractivity contribution in [2.75, 3.05) is 0 Å². The van der Waals surface area contributed by atoms with Crippen molar-refractivity contribution in [3.8, 4) is 0 Å². The lowest BCUT2D eigenvalue weighted by Gasteiger charge is -2.31. The standard InChI is InChI=1S/C34H33N7O/c1-2-25-15-16-31-29(20-25)21-30(34(42)36-31)32(33-37-38-39-41(33)19-17-26-10-5-3-6-11-26)40(23-27-12-7-4-8-13-27)24-28-14-9-18-35-22-28/h3-16,18,20-22,32H,2,17,19,23-24H2,1H3,(H,36,42). The molecule has 3 aromatic heterocycles. The van der Waals surface area contributed by atoms with Gasteiger partial charge in [0.1, 0.15) is 6.04 Å². The van der Waals surface area contributed by atoms with Crippen LogP contribution in [0.5, 0.6) is 0 Å². The van der Waals surface area contributed by atoms with Gasteiger partial charge in [-0.15, -0.1) is 5.10 Å². The lowest BCUT2D eigenvalue weighted by Crippen LogP contribution is -2.35. The van der Waals surface area contributed by atoms with E-state index in [1.165, 1.54) is 11.1 Å². The number of nitrogens with one attached hydrogen (secondary N) is 1. The molecule has 1 unspecified atom stereocenters. The lowest BCUT2D eigenvalue weighted by molar-refractivity contribution is 0.193. The van der Waals surface area contributed by atoms with Gasteiger partial charge in [-0.1, -0.05) is 79.7 Å². The highest BCUT2D eigenvalue weighted by Gasteiger charge is 2.31. The van der Waals surface area contributed by atoms with E-state index >= 15 is 0 Å². The van der Waals surface area contributed by atoms with E-state index < -0.39 is 6.04 Å². The predicted molar refractivity (Wildman–Crippen MR) is 164 cm³/mol. The quantitative estimate of drug-likeness (QED) is 0.227. The van der Waals surface area contributed by atoms with Gasteiger partial charge in [-0.2, -0.15) is 0 Å². The molecule has 1 atom stereocenters. The number of fused-ring (bicyclic) bond motifs is 1. The molecule has 8 heteroatoms. The van der Waals surface area contributed by atoms with Gasteiger partial charge < -0.3 is 4.98 Å². The summed E-state index contributed by atoms with van der Waals surface area (Å²) in [6, 6.07) is 32.2. The second kappa shape index (κ2) is 12.7. The Morgan fingerprint density at radius 3 is 2.31 bits per heavy atom. The first-order chi connectivity index (χ1) is 20.7. The molecule has 3 aromatic carbocycles. The van der Waals surface area contributed by atoms with Crippen LogP contribution in [0.4, 0.5) is 0 Å². The first-order valence-electron chi connectivity index (χ1n) is 14.3. The van der Waals surface area contributed by atoms with Crippen LogP contribution in [0.3, 0.4) is 0 Å². The van der Waals surface area contributed by atoms with Crippen molar-refractivity contribution in [1.82, 2.24) is 35.1 Å². The minimum absolute atomic E-state index is 0.154. The van der Waals surface area contributed by atoms with E-state index in [1.54, 1.807) is 6.20 Å². The average Bonchev–Trinajstić information content (AvgIpc) is 3.49. The van der Waals surface area contributed by atoms with Crippen LogP contribution in [-0.2, 0) is 32.5 Å². The largest absolute Gasteiger partial charge is 0.322 e. The van der Waals surface area contributed by atoms with Crippen molar-refractivity contribution >= 4 is 10.9 Å². The van der Waals surface area contributed by atoms with E-state index in [-0.39, 0.29) is 5.56 Å². The fourth-order valence-corrected chi connectivity index (χ4v) is 5.42. The number of tetrazole rings is 1. The van der Waals surface area contributed by atoms with Crippen LogP contribution < -0.4 is 5.56 Å². The molecular formula is C34H33N7O. The van der Waals surface area contributed by atoms with Crippen LogP contribution in [0.2, 0.25) is 0 Å². The molecular weight excluding hydrogens is 522 g/mol. The zero-order valence-electron chi connectivity index (χ0n) is 23.6. The summed E-state index contributed by atoms with van der Waals surface area (Å²) in [5, 5.41) is 14.0. The summed E-state index contributed by atoms with van der Waals surface area (Å²) < 4.78 is 1.84. The SMILES string of the molecule is CCc1ccc2[nH]c(=O)c(C(c3nnnn3CCc3ccccc3)N(Cc3ccccc3)Cc3cccnc3)cc2c1. The molecule has 42 heavy (non-hydrogen) atoms. The molecule has 0 bridgehead atoms. The third kappa shape index (κ3) is 6.19. The summed E-state index contributed by atoms with van der Waals surface area (Å²) in [6.07, 6.45) is 5.31. The smallest absolute Gasteiger partial charge is 0.253 e. The molecule has 210 valence electrons. The Bertz CT molecular complexity index is 1760. The summed E-state index contributed by atoms with van der Waals surface area (Å²) in [5.74, 6) is 0.627. The van der Waals surface area contributed by atoms with Crippen molar-refractivity contribution in [2.24, 2.45) is 0 Å². The number of aryl methyl sites for hydroxylation is 3. The van der Waals surface area contributed by atoms with E-state index in [0.717, 1.165) is 34.9 Å². The van der Waals surface area contributed by atoms with Crippen molar-refractivity contribution < 1.29 is 0 Å². The van der Waals surface area contributed by atoms with Crippen molar-refractivity contribution in [1.29, 1.82) is 0 Å². The molecule has 0 spiro atoms. The van der Waals surface area contributed by atoms with Crippen molar-refractivity contribution in [2.45, 2.75) is 45.4 Å². The molecule has 0 fully saturated rings. The van der Waals surface area contributed by atoms with E-state index in [2.05, 4.69) is 79.8 Å². The number of pyridine rings is 2. The number of hydrogen-bond donors (Lipinski definition) is 1. The highest BCUT2D eigenvalue weighted by molar-refractivity contribution is 5.80. The van der Waals surface area contributed by atoms with Crippen LogP contribution in [0.15, 0.2) is 114 Å². The Kier molecular flexibility index (Phi) is 8.23. The average molecular weight is 556 g/mol. The maximum absolute atomic E-state index is 13.9. The number of hydrogen-bond acceptors (Lipinski definition) is 6. The Hall–Kier alpha value is -4.95. The molecule has 6 aromatic rings. The van der Waals surface area contributed by atoms with E-state index in [4.69, 9.17) is 0 Å². The van der Waals surface area contributed by atoms with Gasteiger partial charge in [0.05, 0.1) is 0 Å². The van der Waals surface area contributed by atoms with Gasteiger partial charge in [-0.25, -0.2) is 4.68 Å². The van der Waals surface area contributed by atoms with Crippen molar-refractivity contribution in [3.05, 3.63) is 153 Å². The Balaban J connectivity index is 1.49. The number of benzene rings is 3. The Morgan fingerprint density at radius 2 is 1.57 bits per heavy atom. The normalized spacial score (nSPS) is 12.1. The zero-order valence-corrected chi connectivity index (χ0v) is 23.6. The third-order valence-corrected chi connectivity index (χ3v) is 7.60. The van der Waals surface area contributed by atoms with Crippen LogP contribution >= 0.6 is 0 Å². The monoisotopic (exact) mass is 555 g/mol. The fraction of sp³-hybridized carbons (Fsp3) is 0.206. The molecule has 8 nitrogen and oxygen atoms in total. The molecule has 0 amide bonds. The predicted octanol–water partition coefficient (Wildman–Crippen LogP) is 5.51. The summed E-state index contributed by atoms with van der Waals surface area (Å²) in [5.41, 5.74) is 5.83. The highest BCUT2D eigenvalue weighted by atomic mass is 16.1. The summed E-state index contributed by atoms with van der Waals surface area (Å²) >= 11 is 0. The number of rotatable bonds is 11. The van der Waals surface area contributed by atoms with Gasteiger partial charge in [-0.05, 0) is 75.2 Å². The molecule has 0 aliphatic rings. The maximum atomic E-state index is 13.9. The molecule has 0 saturated carbocycles. The molecule has 0 radical (unpaired) electrons. The second-order valence-electron chi connectivity index (χ2n) is 10.5. The summed E-state index contributed by atoms with van der Waals surface area (Å²) in [6.45, 7) is 3.84. The number of aromatic amines is 1. The maximum Gasteiger partial charge on any atom is 0.253 e. The number of nitrogens with zero attached hydrogens (tertiary/aromatic N) is 6. The van der Waals surface area contributed by atoms with E-state index in [1.807, 2.05) is 65.5 Å². The van der Waals surface area contributed by atoms with Gasteiger partial charge in [-0.3, -0.25) is 14.7 Å². The lowest BCUT2D eigenvalue weighted by atomic mass is 10.0. The minimum atomic E-state index is -0.519. The van der Waals surface area contributed by atoms with Crippen LogP contribution in [0, 0.1) is 0 Å².